The van der Waals surface area contributed by atoms with Crippen LogP contribution in [0.1, 0.15) is 32.1 Å². The first kappa shape index (κ1) is 38.2. The summed E-state index contributed by atoms with van der Waals surface area (Å²) in [5.41, 5.74) is 10.3. The number of nitrogens with one attached hydrogen (secondary N) is 5. The number of primary amides is 1. The molecule has 0 aromatic carbocycles. The maximum absolute atomic E-state index is 13.9. The molecule has 2 aliphatic heterocycles. The summed E-state index contributed by atoms with van der Waals surface area (Å²) in [5.74, 6) is -5.37. The fraction of sp³-hybridized carbons (Fsp3) is 0.607. The van der Waals surface area contributed by atoms with E-state index in [1.807, 2.05) is 0 Å². The summed E-state index contributed by atoms with van der Waals surface area (Å²) in [6.45, 7) is 4.09. The number of carbonyl (C=O) groups excluding carboxylic acids is 7. The van der Waals surface area contributed by atoms with Crippen LogP contribution in [0.15, 0.2) is 15.9 Å². The van der Waals surface area contributed by atoms with Crippen molar-refractivity contribution in [2.75, 3.05) is 31.1 Å². The number of halogens is 1. The van der Waals surface area contributed by atoms with Crippen molar-refractivity contribution in [2.24, 2.45) is 16.9 Å². The number of carbonyl (C=O) groups is 7. The lowest BCUT2D eigenvalue weighted by Gasteiger charge is -2.35. The first-order valence-corrected chi connectivity index (χ1v) is 17.5. The van der Waals surface area contributed by atoms with E-state index in [4.69, 9.17) is 11.5 Å². The van der Waals surface area contributed by atoms with E-state index in [-0.39, 0.29) is 37.4 Å². The van der Waals surface area contributed by atoms with Gasteiger partial charge in [-0.05, 0) is 33.5 Å². The fourth-order valence-corrected chi connectivity index (χ4v) is 7.37. The van der Waals surface area contributed by atoms with Crippen molar-refractivity contribution in [3.8, 4) is 0 Å². The molecule has 0 unspecified atom stereocenters. The fourth-order valence-electron chi connectivity index (χ4n) is 4.97. The maximum atomic E-state index is 13.9. The Hall–Kier alpha value is -3.26. The zero-order valence-corrected chi connectivity index (χ0v) is 29.4. The van der Waals surface area contributed by atoms with Gasteiger partial charge >= 0.3 is 0 Å². The minimum Gasteiger partial charge on any atom is -0.391 e. The molecule has 0 spiro atoms. The van der Waals surface area contributed by atoms with E-state index in [1.165, 1.54) is 16.2 Å². The number of thiophene rings is 1. The zero-order valence-electron chi connectivity index (χ0n) is 26.2. The van der Waals surface area contributed by atoms with Gasteiger partial charge < -0.3 is 48.1 Å². The molecule has 2 fully saturated rings. The van der Waals surface area contributed by atoms with E-state index in [0.717, 1.165) is 20.4 Å². The van der Waals surface area contributed by atoms with E-state index in [2.05, 4.69) is 42.5 Å². The molecule has 0 aliphatic carbocycles. The first-order chi connectivity index (χ1) is 22.0. The number of nitrogens with two attached hydrogens (primary N) is 2. The number of amides is 7. The summed E-state index contributed by atoms with van der Waals surface area (Å²) in [6.07, 6.45) is -1.10. The van der Waals surface area contributed by atoms with Gasteiger partial charge in [0.15, 0.2) is 0 Å². The highest BCUT2D eigenvalue weighted by Gasteiger charge is 2.45. The van der Waals surface area contributed by atoms with Gasteiger partial charge in [0.25, 0.3) is 0 Å². The van der Waals surface area contributed by atoms with Gasteiger partial charge in [0.2, 0.25) is 41.4 Å². The predicted octanol–water partition coefficient (Wildman–Crippen LogP) is -2.69. The maximum Gasteiger partial charge on any atom is 0.246 e. The van der Waals surface area contributed by atoms with Crippen LogP contribution in [0.2, 0.25) is 0 Å². The predicted molar refractivity (Wildman–Crippen MR) is 178 cm³/mol. The van der Waals surface area contributed by atoms with E-state index < -0.39 is 89.6 Å². The molecule has 1 aromatic rings. The molecular formula is C28H41BrN8O8S2. The van der Waals surface area contributed by atoms with Gasteiger partial charge in [0.05, 0.1) is 22.2 Å². The van der Waals surface area contributed by atoms with Gasteiger partial charge in [0.1, 0.15) is 30.2 Å². The van der Waals surface area contributed by atoms with E-state index in [0.29, 0.717) is 0 Å². The molecule has 16 nitrogen and oxygen atoms in total. The molecule has 19 heteroatoms. The summed E-state index contributed by atoms with van der Waals surface area (Å²) in [7, 11) is 0. The van der Waals surface area contributed by atoms with Gasteiger partial charge in [0, 0.05) is 36.6 Å². The van der Waals surface area contributed by atoms with Crippen molar-refractivity contribution in [2.45, 2.75) is 69.9 Å². The zero-order chi connectivity index (χ0) is 35.1. The number of fused-ring (bicyclic) bond motifs is 1. The summed E-state index contributed by atoms with van der Waals surface area (Å²) in [5, 5.41) is 23.2. The van der Waals surface area contributed by atoms with Gasteiger partial charge in [-0.25, -0.2) is 0 Å². The van der Waals surface area contributed by atoms with Gasteiger partial charge in [-0.3, -0.25) is 33.6 Å². The van der Waals surface area contributed by atoms with Gasteiger partial charge in [-0.1, -0.05) is 20.8 Å². The van der Waals surface area contributed by atoms with E-state index in [1.54, 1.807) is 32.9 Å². The number of hydrogen-bond donors (Lipinski definition) is 8. The van der Waals surface area contributed by atoms with Crippen LogP contribution in [0, 0.1) is 5.41 Å². The summed E-state index contributed by atoms with van der Waals surface area (Å²) in [6, 6.07) is -2.42. The lowest BCUT2D eigenvalue weighted by atomic mass is 9.85. The molecule has 3 heterocycles. The summed E-state index contributed by atoms with van der Waals surface area (Å²) in [4.78, 5) is 93.5. The Morgan fingerprint density at radius 1 is 1.00 bits per heavy atom. The Kier molecular flexibility index (Phi) is 13.6. The Balaban J connectivity index is 1.96. The molecular weight excluding hydrogens is 720 g/mol. The third-order valence-corrected chi connectivity index (χ3v) is 10.1. The van der Waals surface area contributed by atoms with Crippen molar-refractivity contribution in [3.05, 3.63) is 20.8 Å². The van der Waals surface area contributed by atoms with E-state index in [9.17, 15) is 38.7 Å². The highest BCUT2D eigenvalue weighted by molar-refractivity contribution is 9.11. The van der Waals surface area contributed by atoms with Crippen LogP contribution in [-0.4, -0.2) is 119 Å². The Labute approximate surface area is 288 Å². The molecule has 260 valence electrons. The average Bonchev–Trinajstić information content (AvgIpc) is 3.59. The van der Waals surface area contributed by atoms with Crippen molar-refractivity contribution in [1.29, 1.82) is 0 Å². The Bertz CT molecular complexity index is 1370. The number of thioether (sulfide) groups is 1. The molecule has 6 atom stereocenters. The number of nitrogens with zero attached hydrogens (tertiary/aromatic N) is 1. The summed E-state index contributed by atoms with van der Waals surface area (Å²) < 4.78 is 0.787. The number of hydrogen-bond acceptors (Lipinski definition) is 11. The lowest BCUT2D eigenvalue weighted by Crippen LogP contribution is -2.59. The molecule has 47 heavy (non-hydrogen) atoms. The second kappa shape index (κ2) is 16.7. The Morgan fingerprint density at radius 3 is 2.30 bits per heavy atom. The van der Waals surface area contributed by atoms with Crippen molar-refractivity contribution in [3.63, 3.8) is 0 Å². The van der Waals surface area contributed by atoms with Crippen LogP contribution in [0.4, 0.5) is 0 Å². The molecule has 10 N–H and O–H groups in total. The summed E-state index contributed by atoms with van der Waals surface area (Å²) >= 11 is 5.67. The molecule has 1 aromatic heterocycles. The number of aliphatic hydroxyl groups is 1. The van der Waals surface area contributed by atoms with Crippen LogP contribution in [0.3, 0.4) is 0 Å². The number of rotatable bonds is 4. The topological polar surface area (TPSA) is 255 Å². The Morgan fingerprint density at radius 2 is 1.70 bits per heavy atom. The third kappa shape index (κ3) is 10.9. The molecule has 0 saturated carbocycles. The second-order valence-corrected chi connectivity index (χ2v) is 15.9. The van der Waals surface area contributed by atoms with Crippen LogP contribution in [-0.2, 0) is 40.0 Å². The van der Waals surface area contributed by atoms with Crippen molar-refractivity contribution >= 4 is 80.4 Å². The van der Waals surface area contributed by atoms with Crippen LogP contribution in [0.5, 0.6) is 0 Å². The highest BCUT2D eigenvalue weighted by atomic mass is 79.9. The monoisotopic (exact) mass is 760 g/mol. The second-order valence-electron chi connectivity index (χ2n) is 12.3. The highest BCUT2D eigenvalue weighted by Crippen LogP contribution is 2.27. The smallest absolute Gasteiger partial charge is 0.246 e. The van der Waals surface area contributed by atoms with Gasteiger partial charge in [-0.2, -0.15) is 0 Å². The minimum absolute atomic E-state index is 0.0410. The van der Waals surface area contributed by atoms with Gasteiger partial charge in [-0.15, -0.1) is 23.1 Å². The first-order valence-electron chi connectivity index (χ1n) is 14.8. The molecule has 2 aliphatic rings. The minimum atomic E-state index is -1.28. The van der Waals surface area contributed by atoms with Crippen LogP contribution < -0.4 is 38.1 Å². The number of aliphatic hydroxyl groups excluding tert-OH is 1. The van der Waals surface area contributed by atoms with Crippen LogP contribution in [0.25, 0.3) is 0 Å². The SMILES string of the molecule is CC(C)(C)[C@@H]1NC(=O)CSC[C@H](C(N)=O)NC(=O)[C@@H](CN)NC(=O)CNC(=O)[C@@H](Cc2ccc(Br)s2)NC(=O)[C@@H]2C[C@@H](O)CN2C1=O. The molecule has 0 radical (unpaired) electrons. The van der Waals surface area contributed by atoms with Crippen LogP contribution >= 0.6 is 39.0 Å². The quantitative estimate of drug-likeness (QED) is 0.158. The molecule has 2 saturated heterocycles. The molecule has 7 amide bonds. The normalized spacial score (nSPS) is 27.8. The lowest BCUT2D eigenvalue weighted by molar-refractivity contribution is -0.144. The molecule has 3 rings (SSSR count). The third-order valence-electron chi connectivity index (χ3n) is 7.44. The van der Waals surface area contributed by atoms with Crippen molar-refractivity contribution < 1.29 is 38.7 Å². The molecule has 0 bridgehead atoms. The standard InChI is InChI=1S/C28H41BrN8O8S2/c1-28(2,3)22-27(45)37-10-13(38)6-18(37)26(44)34-15(7-14-4-5-19(29)47-14)24(42)32-9-20(39)33-16(8-30)25(43)35-17(23(31)41)11-46-12-21(40)36-22/h4-5,13,15-18,22,38H,6-12,30H2,1-3H3,(H2,31,41)(H,32,42)(H,33,39)(H,34,44)(H,35,43)(H,36,40)/t13-,15-,16-,17-,18+,22-/m1/s1. The average molecular weight is 762 g/mol. The van der Waals surface area contributed by atoms with E-state index >= 15 is 0 Å². The van der Waals surface area contributed by atoms with Crippen molar-refractivity contribution in [1.82, 2.24) is 31.5 Å². The largest absolute Gasteiger partial charge is 0.391 e.